The summed E-state index contributed by atoms with van der Waals surface area (Å²) in [5.41, 5.74) is 5.59. The maximum atomic E-state index is 13.8. The van der Waals surface area contributed by atoms with Gasteiger partial charge < -0.3 is 5.32 Å². The van der Waals surface area contributed by atoms with E-state index in [-0.39, 0.29) is 5.78 Å². The van der Waals surface area contributed by atoms with Crippen molar-refractivity contribution in [3.05, 3.63) is 101 Å². The molecular weight excluding hydrogens is 414 g/mol. The van der Waals surface area contributed by atoms with Crippen LogP contribution in [0.1, 0.15) is 109 Å². The first-order valence-corrected chi connectivity index (χ1v) is 13.3. The highest BCUT2D eigenvalue weighted by molar-refractivity contribution is 6.02. The fraction of sp³-hybridized carbons (Fsp3) is 0.406. The van der Waals surface area contributed by atoms with Gasteiger partial charge in [-0.15, -0.1) is 0 Å². The average molecular weight is 452 g/mol. The second-order valence-corrected chi connectivity index (χ2v) is 10.3. The molecule has 34 heavy (non-hydrogen) atoms. The van der Waals surface area contributed by atoms with Crippen LogP contribution < -0.4 is 5.32 Å². The molecular formula is C32H37NO. The van der Waals surface area contributed by atoms with Crippen molar-refractivity contribution in [2.45, 2.75) is 82.1 Å². The first-order valence-electron chi connectivity index (χ1n) is 13.3. The van der Waals surface area contributed by atoms with E-state index in [2.05, 4.69) is 41.7 Å². The molecule has 2 fully saturated rings. The minimum Gasteiger partial charge on any atom is -0.371 e. The first-order chi connectivity index (χ1) is 16.8. The Bertz CT molecular complexity index is 1040. The van der Waals surface area contributed by atoms with E-state index in [1.165, 1.54) is 75.3 Å². The van der Waals surface area contributed by atoms with Gasteiger partial charge in [0.25, 0.3) is 0 Å². The lowest BCUT2D eigenvalue weighted by Gasteiger charge is -2.24. The second kappa shape index (κ2) is 11.0. The number of hydrogen-bond acceptors (Lipinski definition) is 2. The molecule has 0 heterocycles. The van der Waals surface area contributed by atoms with E-state index in [4.69, 9.17) is 0 Å². The van der Waals surface area contributed by atoms with Gasteiger partial charge in [0.1, 0.15) is 6.04 Å². The maximum absolute atomic E-state index is 13.8. The number of ketones is 1. The fourth-order valence-electron chi connectivity index (χ4n) is 5.92. The van der Waals surface area contributed by atoms with Crippen LogP contribution in [0.3, 0.4) is 0 Å². The predicted octanol–water partition coefficient (Wildman–Crippen LogP) is 8.82. The number of para-hydroxylation sites is 1. The molecule has 0 bridgehead atoms. The summed E-state index contributed by atoms with van der Waals surface area (Å²) in [6.07, 6.45) is 13.2. The van der Waals surface area contributed by atoms with Gasteiger partial charge in [0, 0.05) is 11.3 Å². The molecule has 176 valence electrons. The van der Waals surface area contributed by atoms with Crippen LogP contribution in [-0.4, -0.2) is 5.78 Å². The summed E-state index contributed by atoms with van der Waals surface area (Å²) in [5, 5.41) is 3.52. The van der Waals surface area contributed by atoms with E-state index in [0.29, 0.717) is 11.8 Å². The molecule has 5 rings (SSSR count). The molecule has 2 nitrogen and oxygen atoms in total. The van der Waals surface area contributed by atoms with E-state index in [1.807, 2.05) is 42.5 Å². The molecule has 0 aromatic heterocycles. The third-order valence-electron chi connectivity index (χ3n) is 7.97. The van der Waals surface area contributed by atoms with Gasteiger partial charge in [-0.1, -0.05) is 105 Å². The number of carbonyl (C=O) groups excluding carboxylic acids is 1. The number of carbonyl (C=O) groups is 1. The van der Waals surface area contributed by atoms with Crippen molar-refractivity contribution >= 4 is 11.5 Å². The van der Waals surface area contributed by atoms with Crippen LogP contribution in [0.2, 0.25) is 0 Å². The topological polar surface area (TPSA) is 29.1 Å². The van der Waals surface area contributed by atoms with Gasteiger partial charge >= 0.3 is 0 Å². The number of benzene rings is 3. The van der Waals surface area contributed by atoms with E-state index in [9.17, 15) is 4.79 Å². The number of rotatable bonds is 7. The molecule has 2 aliphatic carbocycles. The molecule has 0 amide bonds. The summed E-state index contributed by atoms with van der Waals surface area (Å²) in [5.74, 6) is 1.46. The van der Waals surface area contributed by atoms with Crippen molar-refractivity contribution in [3.8, 4) is 0 Å². The summed E-state index contributed by atoms with van der Waals surface area (Å²) in [7, 11) is 0. The quantitative estimate of drug-likeness (QED) is 0.364. The van der Waals surface area contributed by atoms with Gasteiger partial charge in [-0.2, -0.15) is 0 Å². The van der Waals surface area contributed by atoms with E-state index in [0.717, 1.165) is 16.8 Å². The SMILES string of the molecule is O=C(c1ccc(C2CCCCC2)cc1)C(Nc1ccccc1)c1ccc(C2CCCCC2)cc1. The van der Waals surface area contributed by atoms with Gasteiger partial charge in [0.05, 0.1) is 0 Å². The molecule has 0 aliphatic heterocycles. The Hall–Kier alpha value is -2.87. The summed E-state index contributed by atoms with van der Waals surface area (Å²) < 4.78 is 0. The van der Waals surface area contributed by atoms with Gasteiger partial charge in [0.15, 0.2) is 5.78 Å². The largest absolute Gasteiger partial charge is 0.371 e. The Morgan fingerprint density at radius 3 is 1.65 bits per heavy atom. The Kier molecular flexibility index (Phi) is 7.43. The smallest absolute Gasteiger partial charge is 0.189 e. The van der Waals surface area contributed by atoms with Crippen LogP contribution in [0.15, 0.2) is 78.9 Å². The highest BCUT2D eigenvalue weighted by Crippen LogP contribution is 2.35. The molecule has 1 N–H and O–H groups in total. The van der Waals surface area contributed by atoms with Crippen molar-refractivity contribution < 1.29 is 4.79 Å². The second-order valence-electron chi connectivity index (χ2n) is 10.3. The fourth-order valence-corrected chi connectivity index (χ4v) is 5.92. The monoisotopic (exact) mass is 451 g/mol. The Labute approximate surface area is 204 Å². The predicted molar refractivity (Wildman–Crippen MR) is 142 cm³/mol. The maximum Gasteiger partial charge on any atom is 0.189 e. The third kappa shape index (κ3) is 5.43. The van der Waals surface area contributed by atoms with Crippen LogP contribution in [0, 0.1) is 0 Å². The van der Waals surface area contributed by atoms with Crippen molar-refractivity contribution in [2.24, 2.45) is 0 Å². The number of nitrogens with one attached hydrogen (secondary N) is 1. The zero-order valence-corrected chi connectivity index (χ0v) is 20.2. The lowest BCUT2D eigenvalue weighted by atomic mass is 9.83. The van der Waals surface area contributed by atoms with Crippen LogP contribution >= 0.6 is 0 Å². The highest BCUT2D eigenvalue weighted by Gasteiger charge is 2.24. The number of Topliss-reactive ketones (excluding diaryl/α,β-unsaturated/α-hetero) is 1. The van der Waals surface area contributed by atoms with Crippen LogP contribution in [-0.2, 0) is 0 Å². The zero-order valence-electron chi connectivity index (χ0n) is 20.2. The van der Waals surface area contributed by atoms with E-state index in [1.54, 1.807) is 0 Å². The van der Waals surface area contributed by atoms with Crippen LogP contribution in [0.4, 0.5) is 5.69 Å². The highest BCUT2D eigenvalue weighted by atomic mass is 16.1. The van der Waals surface area contributed by atoms with Crippen LogP contribution in [0.5, 0.6) is 0 Å². The van der Waals surface area contributed by atoms with Crippen molar-refractivity contribution in [3.63, 3.8) is 0 Å². The molecule has 3 aromatic rings. The van der Waals surface area contributed by atoms with E-state index < -0.39 is 6.04 Å². The summed E-state index contributed by atoms with van der Waals surface area (Å²) in [6.45, 7) is 0. The molecule has 1 unspecified atom stereocenters. The number of hydrogen-bond donors (Lipinski definition) is 1. The van der Waals surface area contributed by atoms with Gasteiger partial charge in [0.2, 0.25) is 0 Å². The normalized spacial score (nSPS) is 18.4. The lowest BCUT2D eigenvalue weighted by molar-refractivity contribution is 0.0969. The minimum atomic E-state index is -0.400. The minimum absolute atomic E-state index is 0.129. The molecule has 0 radical (unpaired) electrons. The molecule has 2 heteroatoms. The third-order valence-corrected chi connectivity index (χ3v) is 7.97. The van der Waals surface area contributed by atoms with Gasteiger partial charge in [-0.25, -0.2) is 0 Å². The van der Waals surface area contributed by atoms with Crippen molar-refractivity contribution in [1.29, 1.82) is 0 Å². The van der Waals surface area contributed by atoms with Crippen molar-refractivity contribution in [1.82, 2.24) is 0 Å². The first kappa shape index (κ1) is 22.9. The summed E-state index contributed by atoms with van der Waals surface area (Å²) in [6, 6.07) is 27.0. The van der Waals surface area contributed by atoms with Gasteiger partial charge in [-0.05, 0) is 66.3 Å². The summed E-state index contributed by atoms with van der Waals surface area (Å²) >= 11 is 0. The average Bonchev–Trinajstić information content (AvgIpc) is 2.93. The van der Waals surface area contributed by atoms with E-state index >= 15 is 0 Å². The molecule has 3 aromatic carbocycles. The number of anilines is 1. The molecule has 1 atom stereocenters. The van der Waals surface area contributed by atoms with Crippen LogP contribution in [0.25, 0.3) is 0 Å². The zero-order chi connectivity index (χ0) is 23.2. The molecule has 0 saturated heterocycles. The Balaban J connectivity index is 1.38. The molecule has 2 saturated carbocycles. The summed E-state index contributed by atoms with van der Waals surface area (Å²) in [4.78, 5) is 13.8. The van der Waals surface area contributed by atoms with Crippen molar-refractivity contribution in [2.75, 3.05) is 5.32 Å². The standard InChI is InChI=1S/C32H37NO/c34-32(29-22-18-27(19-23-29)25-12-6-2-7-13-25)31(33-30-14-8-3-9-15-30)28-20-16-26(17-21-28)24-10-4-1-5-11-24/h3,8-9,14-25,31,33H,1-2,4-7,10-13H2. The Morgan fingerprint density at radius 2 is 1.12 bits per heavy atom. The molecule has 2 aliphatic rings. The molecule has 0 spiro atoms. The Morgan fingerprint density at radius 1 is 0.618 bits per heavy atom. The lowest BCUT2D eigenvalue weighted by Crippen LogP contribution is -2.21. The van der Waals surface area contributed by atoms with Gasteiger partial charge in [-0.3, -0.25) is 4.79 Å².